The summed E-state index contributed by atoms with van der Waals surface area (Å²) in [4.78, 5) is 35.4. The van der Waals surface area contributed by atoms with Crippen molar-refractivity contribution in [3.8, 4) is 0 Å². The molecule has 0 aliphatic heterocycles. The van der Waals surface area contributed by atoms with Gasteiger partial charge in [-0.2, -0.15) is 4.98 Å². The summed E-state index contributed by atoms with van der Waals surface area (Å²) in [5.41, 5.74) is 0.666. The number of hydrogen-bond acceptors (Lipinski definition) is 7. The van der Waals surface area contributed by atoms with Gasteiger partial charge in [-0.15, -0.1) is 5.10 Å². The van der Waals surface area contributed by atoms with Crippen molar-refractivity contribution in [2.24, 2.45) is 0 Å². The number of anilines is 1. The summed E-state index contributed by atoms with van der Waals surface area (Å²) >= 11 is 1.42. The molecule has 26 heavy (non-hydrogen) atoms. The van der Waals surface area contributed by atoms with Crippen LogP contribution in [-0.2, 0) is 11.3 Å². The van der Waals surface area contributed by atoms with Gasteiger partial charge in [0.25, 0.3) is 0 Å². The monoisotopic (exact) mass is 375 g/mol. The number of hydrogen-bond donors (Lipinski definition) is 1. The van der Waals surface area contributed by atoms with Crippen molar-refractivity contribution in [2.45, 2.75) is 44.7 Å². The Balaban J connectivity index is 1.63. The van der Waals surface area contributed by atoms with Crippen LogP contribution in [-0.4, -0.2) is 50.2 Å². The highest BCUT2D eigenvalue weighted by Crippen LogP contribution is 2.28. The number of amides is 1. The highest BCUT2D eigenvalue weighted by atomic mass is 32.1. The van der Waals surface area contributed by atoms with Gasteiger partial charge in [-0.3, -0.25) is 4.79 Å². The van der Waals surface area contributed by atoms with E-state index in [9.17, 15) is 9.59 Å². The van der Waals surface area contributed by atoms with Gasteiger partial charge >= 0.3 is 5.69 Å². The highest BCUT2D eigenvalue weighted by Gasteiger charge is 2.19. The predicted molar refractivity (Wildman–Crippen MR) is 99.8 cm³/mol. The zero-order valence-corrected chi connectivity index (χ0v) is 15.6. The molecule has 3 heterocycles. The fourth-order valence-electron chi connectivity index (χ4n) is 3.28. The van der Waals surface area contributed by atoms with Crippen LogP contribution < -0.4 is 15.9 Å². The summed E-state index contributed by atoms with van der Waals surface area (Å²) < 4.78 is 3.30. The first-order valence-electron chi connectivity index (χ1n) is 8.74. The number of carbonyl (C=O) groups excluding carboxylic acids is 1. The van der Waals surface area contributed by atoms with Gasteiger partial charge in [0.2, 0.25) is 5.91 Å². The van der Waals surface area contributed by atoms with Crippen molar-refractivity contribution in [2.75, 3.05) is 19.0 Å². The molecule has 1 aliphatic carbocycles. The summed E-state index contributed by atoms with van der Waals surface area (Å²) in [5.74, 6) is -0.176. The quantitative estimate of drug-likeness (QED) is 0.731. The molecule has 0 atom stereocenters. The Kier molecular flexibility index (Phi) is 4.35. The first-order valence-corrected chi connectivity index (χ1v) is 9.56. The van der Waals surface area contributed by atoms with Crippen LogP contribution in [0, 0.1) is 0 Å². The van der Waals surface area contributed by atoms with Gasteiger partial charge in [-0.05, 0) is 12.8 Å². The second kappa shape index (κ2) is 6.67. The lowest BCUT2D eigenvalue weighted by atomic mass is 9.95. The van der Waals surface area contributed by atoms with E-state index in [2.05, 4.69) is 20.4 Å². The van der Waals surface area contributed by atoms with Crippen molar-refractivity contribution in [1.82, 2.24) is 29.5 Å². The number of nitrogens with one attached hydrogen (secondary N) is 1. The topological polar surface area (TPSA) is 97.4 Å². The molecule has 1 saturated carbocycles. The lowest BCUT2D eigenvalue weighted by molar-refractivity contribution is -0.122. The van der Waals surface area contributed by atoms with E-state index in [0.717, 1.165) is 35.5 Å². The van der Waals surface area contributed by atoms with Crippen molar-refractivity contribution in [1.29, 1.82) is 0 Å². The van der Waals surface area contributed by atoms with Gasteiger partial charge in [-0.1, -0.05) is 30.6 Å². The Morgan fingerprint density at radius 2 is 2.12 bits per heavy atom. The van der Waals surface area contributed by atoms with E-state index >= 15 is 0 Å². The second-order valence-corrected chi connectivity index (χ2v) is 7.80. The van der Waals surface area contributed by atoms with Crippen LogP contribution in [0.15, 0.2) is 11.1 Å². The predicted octanol–water partition coefficient (Wildman–Crippen LogP) is 1.02. The summed E-state index contributed by atoms with van der Waals surface area (Å²) in [7, 11) is 3.80. The van der Waals surface area contributed by atoms with Crippen molar-refractivity contribution < 1.29 is 4.79 Å². The van der Waals surface area contributed by atoms with Crippen molar-refractivity contribution >= 4 is 38.4 Å². The molecule has 1 amide bonds. The number of fused-ring (bicyclic) bond motifs is 3. The standard InChI is InChI=1S/C16H21N7O2S/c1-21(2)15-19-13-12(26-15)14-20-23(16(25)22(14)9-17-13)8-11(24)18-10-6-4-3-5-7-10/h9-10H,3-8H2,1-2H3,(H,18,24). The van der Waals surface area contributed by atoms with E-state index in [1.807, 2.05) is 19.0 Å². The average Bonchev–Trinajstić information content (AvgIpc) is 3.18. The minimum atomic E-state index is -0.368. The van der Waals surface area contributed by atoms with Crippen molar-refractivity contribution in [3.63, 3.8) is 0 Å². The maximum atomic E-state index is 12.6. The molecular formula is C16H21N7O2S. The molecule has 3 aromatic rings. The summed E-state index contributed by atoms with van der Waals surface area (Å²) in [6.07, 6.45) is 6.94. The van der Waals surface area contributed by atoms with E-state index in [-0.39, 0.29) is 24.2 Å². The SMILES string of the molecule is CN(C)c1nc2ncn3c(=O)n(CC(=O)NC4CCCCC4)nc3c2s1. The van der Waals surface area contributed by atoms with Crippen LogP contribution in [0.25, 0.3) is 16.0 Å². The van der Waals surface area contributed by atoms with Gasteiger partial charge < -0.3 is 10.2 Å². The Morgan fingerprint density at radius 1 is 1.35 bits per heavy atom. The summed E-state index contributed by atoms with van der Waals surface area (Å²) in [6.45, 7) is -0.0855. The normalized spacial score (nSPS) is 15.6. The maximum absolute atomic E-state index is 12.6. The number of aromatic nitrogens is 5. The summed E-state index contributed by atoms with van der Waals surface area (Å²) in [6, 6.07) is 0.210. The van der Waals surface area contributed by atoms with E-state index in [1.54, 1.807) is 0 Å². The fourth-order valence-corrected chi connectivity index (χ4v) is 4.19. The molecular weight excluding hydrogens is 354 g/mol. The first kappa shape index (κ1) is 17.0. The molecule has 0 spiro atoms. The third kappa shape index (κ3) is 3.05. The average molecular weight is 375 g/mol. The lowest BCUT2D eigenvalue weighted by Gasteiger charge is -2.22. The van der Waals surface area contributed by atoms with Gasteiger partial charge in [-0.25, -0.2) is 18.9 Å². The minimum Gasteiger partial charge on any atom is -0.354 e. The number of nitrogens with zero attached hydrogens (tertiary/aromatic N) is 6. The number of thiazole rings is 1. The molecule has 3 aromatic heterocycles. The molecule has 10 heteroatoms. The fraction of sp³-hybridized carbons (Fsp3) is 0.562. The van der Waals surface area contributed by atoms with Crippen LogP contribution in [0.4, 0.5) is 5.13 Å². The van der Waals surface area contributed by atoms with Gasteiger partial charge in [0, 0.05) is 20.1 Å². The zero-order valence-electron chi connectivity index (χ0n) is 14.8. The van der Waals surface area contributed by atoms with Crippen molar-refractivity contribution in [3.05, 3.63) is 16.8 Å². The van der Waals surface area contributed by atoms with Crippen LogP contribution >= 0.6 is 11.3 Å². The molecule has 9 nitrogen and oxygen atoms in total. The zero-order chi connectivity index (χ0) is 18.3. The third-order valence-corrected chi connectivity index (χ3v) is 5.82. The molecule has 1 N–H and O–H groups in total. The smallest absolute Gasteiger partial charge is 0.352 e. The first-order chi connectivity index (χ1) is 12.5. The molecule has 0 saturated heterocycles. The van der Waals surface area contributed by atoms with E-state index in [0.29, 0.717) is 11.3 Å². The van der Waals surface area contributed by atoms with E-state index in [1.165, 1.54) is 33.2 Å². The van der Waals surface area contributed by atoms with Crippen LogP contribution in [0.2, 0.25) is 0 Å². The highest BCUT2D eigenvalue weighted by molar-refractivity contribution is 7.22. The van der Waals surface area contributed by atoms with Gasteiger partial charge in [0.05, 0.1) is 0 Å². The molecule has 4 rings (SSSR count). The van der Waals surface area contributed by atoms with Crippen LogP contribution in [0.5, 0.6) is 0 Å². The van der Waals surface area contributed by atoms with Crippen LogP contribution in [0.3, 0.4) is 0 Å². The Morgan fingerprint density at radius 3 is 2.85 bits per heavy atom. The molecule has 0 bridgehead atoms. The lowest BCUT2D eigenvalue weighted by Crippen LogP contribution is -2.40. The maximum Gasteiger partial charge on any atom is 0.352 e. The molecule has 1 fully saturated rings. The van der Waals surface area contributed by atoms with E-state index in [4.69, 9.17) is 0 Å². The molecule has 0 unspecified atom stereocenters. The van der Waals surface area contributed by atoms with Gasteiger partial charge in [0.1, 0.15) is 17.6 Å². The summed E-state index contributed by atoms with van der Waals surface area (Å²) in [5, 5.41) is 8.17. The largest absolute Gasteiger partial charge is 0.354 e. The number of rotatable bonds is 4. The molecule has 0 aromatic carbocycles. The van der Waals surface area contributed by atoms with E-state index < -0.39 is 0 Å². The molecule has 138 valence electrons. The Bertz CT molecular complexity index is 1010. The van der Waals surface area contributed by atoms with Gasteiger partial charge in [0.15, 0.2) is 16.4 Å². The third-order valence-electron chi connectivity index (χ3n) is 4.61. The molecule has 1 aliphatic rings. The minimum absolute atomic E-state index is 0.0855. The Hall–Kier alpha value is -2.49. The Labute approximate surface area is 153 Å². The second-order valence-electron chi connectivity index (χ2n) is 6.82. The molecule has 0 radical (unpaired) electrons. The van der Waals surface area contributed by atoms with Crippen LogP contribution in [0.1, 0.15) is 32.1 Å². The number of carbonyl (C=O) groups is 1.